The molecule has 5 nitrogen and oxygen atoms in total. The number of pyridine rings is 1. The quantitative estimate of drug-likeness (QED) is 0.541. The third kappa shape index (κ3) is 5.82. The van der Waals surface area contributed by atoms with Gasteiger partial charge in [-0.3, -0.25) is 14.6 Å². The Morgan fingerprint density at radius 1 is 0.969 bits per heavy atom. The van der Waals surface area contributed by atoms with E-state index in [1.54, 1.807) is 6.20 Å². The van der Waals surface area contributed by atoms with Crippen molar-refractivity contribution in [2.24, 2.45) is 0 Å². The van der Waals surface area contributed by atoms with Crippen LogP contribution in [0, 0.1) is 0 Å². The first-order chi connectivity index (χ1) is 15.6. The number of nitrogens with zero attached hydrogens (tertiary/aromatic N) is 1. The smallest absolute Gasteiger partial charge is 0.220 e. The maximum Gasteiger partial charge on any atom is 0.220 e. The Morgan fingerprint density at radius 3 is 2.44 bits per heavy atom. The van der Waals surface area contributed by atoms with E-state index in [2.05, 4.69) is 52.0 Å². The zero-order valence-corrected chi connectivity index (χ0v) is 18.2. The Balaban J connectivity index is 1.33. The van der Waals surface area contributed by atoms with Gasteiger partial charge in [-0.05, 0) is 54.0 Å². The lowest BCUT2D eigenvalue weighted by molar-refractivity contribution is -0.122. The summed E-state index contributed by atoms with van der Waals surface area (Å²) in [5.74, 6) is 0.0942. The fourth-order valence-electron chi connectivity index (χ4n) is 4.35. The predicted octanol–water partition coefficient (Wildman–Crippen LogP) is 4.08. The molecule has 2 aromatic carbocycles. The number of hydrogen-bond acceptors (Lipinski definition) is 3. The number of amides is 2. The first kappa shape index (κ1) is 21.8. The number of benzene rings is 2. The summed E-state index contributed by atoms with van der Waals surface area (Å²) in [5, 5.41) is 6.17. The van der Waals surface area contributed by atoms with Crippen LogP contribution in [0.2, 0.25) is 0 Å². The Hall–Kier alpha value is -3.47. The van der Waals surface area contributed by atoms with Crippen LogP contribution in [-0.2, 0) is 22.4 Å². The van der Waals surface area contributed by atoms with Crippen molar-refractivity contribution in [3.63, 3.8) is 0 Å². The average Bonchev–Trinajstić information content (AvgIpc) is 3.20. The van der Waals surface area contributed by atoms with Gasteiger partial charge in [0.25, 0.3) is 0 Å². The van der Waals surface area contributed by atoms with E-state index in [1.807, 2.05) is 36.5 Å². The van der Waals surface area contributed by atoms with Crippen LogP contribution < -0.4 is 10.6 Å². The summed E-state index contributed by atoms with van der Waals surface area (Å²) in [6, 6.07) is 22.7. The zero-order valence-electron chi connectivity index (χ0n) is 18.2. The Labute approximate surface area is 189 Å². The molecule has 2 heterocycles. The molecule has 0 saturated carbocycles. The third-order valence-electron chi connectivity index (χ3n) is 6.13. The minimum absolute atomic E-state index is 0.0221. The van der Waals surface area contributed by atoms with Crippen LogP contribution in [0.25, 0.3) is 11.1 Å². The summed E-state index contributed by atoms with van der Waals surface area (Å²) >= 11 is 0. The van der Waals surface area contributed by atoms with Crippen molar-refractivity contribution in [1.82, 2.24) is 15.6 Å². The SMILES string of the molecule is O=C(CC[C@]1(Cc2ccc(-c3ccccc3)cc2)CCC(=O)N1)NCCc1cccnc1. The van der Waals surface area contributed by atoms with Gasteiger partial charge in [0.05, 0.1) is 0 Å². The van der Waals surface area contributed by atoms with Gasteiger partial charge in [0.15, 0.2) is 0 Å². The molecule has 0 radical (unpaired) electrons. The largest absolute Gasteiger partial charge is 0.356 e. The second-order valence-corrected chi connectivity index (χ2v) is 8.53. The molecule has 1 saturated heterocycles. The maximum absolute atomic E-state index is 12.4. The second kappa shape index (κ2) is 10.2. The van der Waals surface area contributed by atoms with Crippen LogP contribution in [0.1, 0.15) is 36.8 Å². The summed E-state index contributed by atoms with van der Waals surface area (Å²) < 4.78 is 0. The predicted molar refractivity (Wildman–Crippen MR) is 126 cm³/mol. The van der Waals surface area contributed by atoms with Crippen molar-refractivity contribution < 1.29 is 9.59 Å². The van der Waals surface area contributed by atoms with Crippen LogP contribution in [0.15, 0.2) is 79.1 Å². The number of hydrogen-bond donors (Lipinski definition) is 2. The lowest BCUT2D eigenvalue weighted by atomic mass is 9.84. The molecule has 5 heteroatoms. The molecule has 1 atom stereocenters. The van der Waals surface area contributed by atoms with E-state index in [4.69, 9.17) is 0 Å². The van der Waals surface area contributed by atoms with Crippen LogP contribution in [-0.4, -0.2) is 28.9 Å². The van der Waals surface area contributed by atoms with E-state index in [9.17, 15) is 9.59 Å². The highest BCUT2D eigenvalue weighted by atomic mass is 16.2. The standard InChI is InChI=1S/C27H29N3O2/c31-25(29-18-14-22-5-4-17-28-20-22)12-15-27(16-13-26(32)30-27)19-21-8-10-24(11-9-21)23-6-2-1-3-7-23/h1-11,17,20H,12-16,18-19H2,(H,29,31)(H,30,32)/t27-/m1/s1. The van der Waals surface area contributed by atoms with Crippen LogP contribution >= 0.6 is 0 Å². The molecule has 0 aliphatic carbocycles. The fraction of sp³-hybridized carbons (Fsp3) is 0.296. The Kier molecular flexibility index (Phi) is 6.95. The topological polar surface area (TPSA) is 71.1 Å². The molecule has 2 amide bonds. The molecule has 4 rings (SSSR count). The van der Waals surface area contributed by atoms with Crippen molar-refractivity contribution in [1.29, 1.82) is 0 Å². The van der Waals surface area contributed by atoms with Gasteiger partial charge in [-0.1, -0.05) is 60.7 Å². The van der Waals surface area contributed by atoms with E-state index in [-0.39, 0.29) is 17.4 Å². The van der Waals surface area contributed by atoms with E-state index in [0.717, 1.165) is 24.8 Å². The van der Waals surface area contributed by atoms with E-state index >= 15 is 0 Å². The summed E-state index contributed by atoms with van der Waals surface area (Å²) in [4.78, 5) is 28.6. The van der Waals surface area contributed by atoms with Gasteiger partial charge in [-0.15, -0.1) is 0 Å². The van der Waals surface area contributed by atoms with E-state index in [1.165, 1.54) is 16.7 Å². The van der Waals surface area contributed by atoms with Crippen molar-refractivity contribution in [3.8, 4) is 11.1 Å². The van der Waals surface area contributed by atoms with Gasteiger partial charge < -0.3 is 10.6 Å². The van der Waals surface area contributed by atoms with Gasteiger partial charge in [0.1, 0.15) is 0 Å². The number of carbonyl (C=O) groups excluding carboxylic acids is 2. The number of carbonyl (C=O) groups is 2. The van der Waals surface area contributed by atoms with Crippen LogP contribution in [0.4, 0.5) is 0 Å². The zero-order chi connectivity index (χ0) is 22.2. The monoisotopic (exact) mass is 427 g/mol. The number of aromatic nitrogens is 1. The van der Waals surface area contributed by atoms with Crippen molar-refractivity contribution in [3.05, 3.63) is 90.3 Å². The fourth-order valence-corrected chi connectivity index (χ4v) is 4.35. The molecule has 0 spiro atoms. The lowest BCUT2D eigenvalue weighted by Gasteiger charge is -2.29. The summed E-state index contributed by atoms with van der Waals surface area (Å²) in [7, 11) is 0. The van der Waals surface area contributed by atoms with Gasteiger partial charge in [-0.2, -0.15) is 0 Å². The Bertz CT molecular complexity index is 1040. The van der Waals surface area contributed by atoms with E-state index < -0.39 is 0 Å². The van der Waals surface area contributed by atoms with Gasteiger partial charge >= 0.3 is 0 Å². The molecule has 3 aromatic rings. The lowest BCUT2D eigenvalue weighted by Crippen LogP contribution is -2.44. The Morgan fingerprint density at radius 2 is 1.75 bits per heavy atom. The minimum Gasteiger partial charge on any atom is -0.356 e. The third-order valence-corrected chi connectivity index (χ3v) is 6.13. The molecular formula is C27H29N3O2. The molecule has 1 aliphatic rings. The summed E-state index contributed by atoms with van der Waals surface area (Å²) in [5.41, 5.74) is 4.28. The molecule has 2 N–H and O–H groups in total. The molecule has 32 heavy (non-hydrogen) atoms. The summed E-state index contributed by atoms with van der Waals surface area (Å²) in [6.45, 7) is 0.588. The minimum atomic E-state index is -0.355. The number of nitrogens with one attached hydrogen (secondary N) is 2. The van der Waals surface area contributed by atoms with Crippen molar-refractivity contribution in [2.75, 3.05) is 6.54 Å². The average molecular weight is 428 g/mol. The summed E-state index contributed by atoms with van der Waals surface area (Å²) in [6.07, 6.45) is 7.37. The first-order valence-electron chi connectivity index (χ1n) is 11.2. The first-order valence-corrected chi connectivity index (χ1v) is 11.2. The number of rotatable bonds is 9. The van der Waals surface area contributed by atoms with Crippen LogP contribution in [0.5, 0.6) is 0 Å². The van der Waals surface area contributed by atoms with Crippen LogP contribution in [0.3, 0.4) is 0 Å². The molecule has 1 aromatic heterocycles. The molecule has 0 bridgehead atoms. The van der Waals surface area contributed by atoms with Crippen molar-refractivity contribution in [2.45, 2.75) is 44.1 Å². The van der Waals surface area contributed by atoms with Gasteiger partial charge in [-0.25, -0.2) is 0 Å². The highest BCUT2D eigenvalue weighted by Crippen LogP contribution is 2.30. The second-order valence-electron chi connectivity index (χ2n) is 8.53. The van der Waals surface area contributed by atoms with Gasteiger partial charge in [0.2, 0.25) is 11.8 Å². The molecule has 164 valence electrons. The van der Waals surface area contributed by atoms with Crippen molar-refractivity contribution >= 4 is 11.8 Å². The van der Waals surface area contributed by atoms with Gasteiger partial charge in [0, 0.05) is 37.3 Å². The molecule has 1 aliphatic heterocycles. The highest BCUT2D eigenvalue weighted by Gasteiger charge is 2.37. The molecule has 0 unspecified atom stereocenters. The molecular weight excluding hydrogens is 398 g/mol. The van der Waals surface area contributed by atoms with E-state index in [0.29, 0.717) is 25.8 Å². The maximum atomic E-state index is 12.4. The highest BCUT2D eigenvalue weighted by molar-refractivity contribution is 5.80. The molecule has 1 fully saturated rings. The normalized spacial score (nSPS) is 17.7.